The lowest BCUT2D eigenvalue weighted by atomic mass is 10.1. The van der Waals surface area contributed by atoms with Gasteiger partial charge in [-0.05, 0) is 24.1 Å². The number of fused-ring (bicyclic) bond motifs is 1. The van der Waals surface area contributed by atoms with Crippen molar-refractivity contribution >= 4 is 17.4 Å². The van der Waals surface area contributed by atoms with Gasteiger partial charge in [0.25, 0.3) is 5.91 Å². The highest BCUT2D eigenvalue weighted by atomic mass is 16.7. The van der Waals surface area contributed by atoms with Gasteiger partial charge in [0.05, 0.1) is 0 Å². The number of rotatable bonds is 6. The van der Waals surface area contributed by atoms with Crippen molar-refractivity contribution in [1.29, 1.82) is 0 Å². The van der Waals surface area contributed by atoms with Gasteiger partial charge in [0, 0.05) is 24.4 Å². The van der Waals surface area contributed by atoms with Gasteiger partial charge >= 0.3 is 0 Å². The Morgan fingerprint density at radius 2 is 1.85 bits per heavy atom. The van der Waals surface area contributed by atoms with Crippen LogP contribution in [0.1, 0.15) is 16.1 Å². The van der Waals surface area contributed by atoms with Crippen LogP contribution in [0.25, 0.3) is 0 Å². The van der Waals surface area contributed by atoms with Gasteiger partial charge < -0.3 is 20.1 Å². The molecule has 0 spiro atoms. The summed E-state index contributed by atoms with van der Waals surface area (Å²) in [6.45, 7) is 0.761. The van der Waals surface area contributed by atoms with E-state index in [0.29, 0.717) is 29.6 Å². The van der Waals surface area contributed by atoms with E-state index in [0.717, 1.165) is 12.1 Å². The maximum atomic E-state index is 12.3. The van der Waals surface area contributed by atoms with Gasteiger partial charge in [-0.3, -0.25) is 4.79 Å². The summed E-state index contributed by atoms with van der Waals surface area (Å²) < 4.78 is 10.7. The monoisotopic (exact) mass is 362 g/mol. The Kier molecular flexibility index (Phi) is 4.82. The third-order valence-electron chi connectivity index (χ3n) is 4.09. The lowest BCUT2D eigenvalue weighted by Gasteiger charge is -2.08. The smallest absolute Gasteiger partial charge is 0.270 e. The average molecular weight is 362 g/mol. The fourth-order valence-corrected chi connectivity index (χ4v) is 2.73. The van der Waals surface area contributed by atoms with Crippen LogP contribution in [0.15, 0.2) is 60.9 Å². The quantitative estimate of drug-likeness (QED) is 0.701. The van der Waals surface area contributed by atoms with Crippen molar-refractivity contribution in [2.45, 2.75) is 6.42 Å². The Hall–Kier alpha value is -3.61. The lowest BCUT2D eigenvalue weighted by molar-refractivity contribution is 0.0949. The molecule has 1 aromatic heterocycles. The summed E-state index contributed by atoms with van der Waals surface area (Å²) in [4.78, 5) is 20.5. The van der Waals surface area contributed by atoms with Crippen molar-refractivity contribution in [3.8, 4) is 11.5 Å². The first-order chi connectivity index (χ1) is 13.3. The second-order valence-corrected chi connectivity index (χ2v) is 5.97. The fraction of sp³-hybridized carbons (Fsp3) is 0.150. The minimum Gasteiger partial charge on any atom is -0.454 e. The molecule has 0 fully saturated rings. The Bertz CT molecular complexity index is 947. The number of hydrogen-bond donors (Lipinski definition) is 2. The minimum atomic E-state index is -0.234. The Labute approximate surface area is 156 Å². The Morgan fingerprint density at radius 3 is 2.74 bits per heavy atom. The van der Waals surface area contributed by atoms with Crippen LogP contribution in [0.3, 0.4) is 0 Å². The molecule has 1 amide bonds. The SMILES string of the molecule is O=C(NCCc1ccccc1)c1cc(Nc2ccc3c(c2)OCO3)ncn1. The highest BCUT2D eigenvalue weighted by Gasteiger charge is 2.14. The summed E-state index contributed by atoms with van der Waals surface area (Å²) in [6, 6.07) is 17.1. The summed E-state index contributed by atoms with van der Waals surface area (Å²) in [5.41, 5.74) is 2.26. The van der Waals surface area contributed by atoms with E-state index in [9.17, 15) is 4.79 Å². The van der Waals surface area contributed by atoms with Gasteiger partial charge in [0.15, 0.2) is 11.5 Å². The normalized spacial score (nSPS) is 11.9. The predicted octanol–water partition coefficient (Wildman–Crippen LogP) is 2.92. The summed E-state index contributed by atoms with van der Waals surface area (Å²) in [5, 5.41) is 6.02. The van der Waals surface area contributed by atoms with E-state index in [-0.39, 0.29) is 12.7 Å². The number of carbonyl (C=O) groups is 1. The first-order valence-corrected chi connectivity index (χ1v) is 8.59. The number of nitrogens with one attached hydrogen (secondary N) is 2. The molecule has 0 atom stereocenters. The summed E-state index contributed by atoms with van der Waals surface area (Å²) in [5.74, 6) is 1.67. The lowest BCUT2D eigenvalue weighted by Crippen LogP contribution is -2.26. The van der Waals surface area contributed by atoms with Crippen LogP contribution in [0, 0.1) is 0 Å². The standard InChI is InChI=1S/C20H18N4O3/c25-20(21-9-8-14-4-2-1-3-5-14)16-11-19(23-12-22-16)24-15-6-7-17-18(10-15)27-13-26-17/h1-7,10-12H,8-9,13H2,(H,21,25)(H,22,23,24). The molecule has 0 saturated heterocycles. The molecule has 0 saturated carbocycles. The second-order valence-electron chi connectivity index (χ2n) is 5.97. The molecular formula is C20H18N4O3. The molecule has 4 rings (SSSR count). The number of anilines is 2. The zero-order valence-electron chi connectivity index (χ0n) is 14.5. The number of benzene rings is 2. The third kappa shape index (κ3) is 4.14. The number of nitrogens with zero attached hydrogens (tertiary/aromatic N) is 2. The largest absolute Gasteiger partial charge is 0.454 e. The van der Waals surface area contributed by atoms with Crippen LogP contribution in [0.2, 0.25) is 0 Å². The molecule has 27 heavy (non-hydrogen) atoms. The van der Waals surface area contributed by atoms with E-state index < -0.39 is 0 Å². The van der Waals surface area contributed by atoms with Crippen molar-refractivity contribution < 1.29 is 14.3 Å². The molecular weight excluding hydrogens is 344 g/mol. The van der Waals surface area contributed by atoms with Crippen LogP contribution in [-0.4, -0.2) is 29.2 Å². The van der Waals surface area contributed by atoms with E-state index in [2.05, 4.69) is 20.6 Å². The highest BCUT2D eigenvalue weighted by molar-refractivity contribution is 5.93. The first-order valence-electron chi connectivity index (χ1n) is 8.59. The summed E-state index contributed by atoms with van der Waals surface area (Å²) in [6.07, 6.45) is 2.13. The molecule has 3 aromatic rings. The van der Waals surface area contributed by atoms with Crippen molar-refractivity contribution in [3.63, 3.8) is 0 Å². The minimum absolute atomic E-state index is 0.222. The molecule has 7 nitrogen and oxygen atoms in total. The van der Waals surface area contributed by atoms with Crippen LogP contribution in [0.4, 0.5) is 11.5 Å². The van der Waals surface area contributed by atoms with Gasteiger partial charge in [-0.15, -0.1) is 0 Å². The van der Waals surface area contributed by atoms with Crippen LogP contribution in [0.5, 0.6) is 11.5 Å². The molecule has 1 aliphatic heterocycles. The molecule has 0 unspecified atom stereocenters. The van der Waals surface area contributed by atoms with Gasteiger partial charge in [-0.1, -0.05) is 30.3 Å². The van der Waals surface area contributed by atoms with Gasteiger partial charge in [-0.25, -0.2) is 9.97 Å². The van der Waals surface area contributed by atoms with E-state index in [1.807, 2.05) is 48.5 Å². The Morgan fingerprint density at radius 1 is 1.00 bits per heavy atom. The predicted molar refractivity (Wildman–Crippen MR) is 100 cm³/mol. The van der Waals surface area contributed by atoms with E-state index >= 15 is 0 Å². The first kappa shape index (κ1) is 16.8. The summed E-state index contributed by atoms with van der Waals surface area (Å²) >= 11 is 0. The van der Waals surface area contributed by atoms with Crippen molar-refractivity contribution in [1.82, 2.24) is 15.3 Å². The Balaban J connectivity index is 1.37. The number of ether oxygens (including phenoxy) is 2. The molecule has 0 bridgehead atoms. The molecule has 7 heteroatoms. The van der Waals surface area contributed by atoms with Crippen LogP contribution < -0.4 is 20.1 Å². The average Bonchev–Trinajstić information content (AvgIpc) is 3.17. The third-order valence-corrected chi connectivity index (χ3v) is 4.09. The number of carbonyl (C=O) groups excluding carboxylic acids is 1. The fourth-order valence-electron chi connectivity index (χ4n) is 2.73. The van der Waals surface area contributed by atoms with Crippen LogP contribution >= 0.6 is 0 Å². The molecule has 136 valence electrons. The van der Waals surface area contributed by atoms with Gasteiger partial charge in [0.2, 0.25) is 6.79 Å². The van der Waals surface area contributed by atoms with Crippen molar-refractivity contribution in [2.24, 2.45) is 0 Å². The van der Waals surface area contributed by atoms with Crippen LogP contribution in [-0.2, 0) is 6.42 Å². The molecule has 0 aliphatic carbocycles. The number of amides is 1. The zero-order chi connectivity index (χ0) is 18.5. The molecule has 2 N–H and O–H groups in total. The van der Waals surface area contributed by atoms with Gasteiger partial charge in [-0.2, -0.15) is 0 Å². The molecule has 2 aromatic carbocycles. The molecule has 0 radical (unpaired) electrons. The maximum Gasteiger partial charge on any atom is 0.270 e. The number of aromatic nitrogens is 2. The van der Waals surface area contributed by atoms with Crippen molar-refractivity contribution in [3.05, 3.63) is 72.2 Å². The van der Waals surface area contributed by atoms with E-state index in [1.165, 1.54) is 11.9 Å². The van der Waals surface area contributed by atoms with Gasteiger partial charge in [0.1, 0.15) is 17.8 Å². The van der Waals surface area contributed by atoms with E-state index in [4.69, 9.17) is 9.47 Å². The molecule has 2 heterocycles. The maximum absolute atomic E-state index is 12.3. The van der Waals surface area contributed by atoms with Crippen molar-refractivity contribution in [2.75, 3.05) is 18.7 Å². The topological polar surface area (TPSA) is 85.4 Å². The zero-order valence-corrected chi connectivity index (χ0v) is 14.5. The highest BCUT2D eigenvalue weighted by Crippen LogP contribution is 2.34. The number of hydrogen-bond acceptors (Lipinski definition) is 6. The summed E-state index contributed by atoms with van der Waals surface area (Å²) in [7, 11) is 0. The second kappa shape index (κ2) is 7.74. The molecule has 1 aliphatic rings. The van der Waals surface area contributed by atoms with E-state index in [1.54, 1.807) is 6.07 Å².